The van der Waals surface area contributed by atoms with E-state index in [1.165, 1.54) is 16.2 Å². The van der Waals surface area contributed by atoms with Gasteiger partial charge in [-0.15, -0.1) is 11.3 Å². The molecule has 0 spiro atoms. The summed E-state index contributed by atoms with van der Waals surface area (Å²) in [5, 5.41) is 5.88. The van der Waals surface area contributed by atoms with Gasteiger partial charge in [-0.2, -0.15) is 0 Å². The number of aromatic nitrogens is 1. The highest BCUT2D eigenvalue weighted by molar-refractivity contribution is 7.09. The molecule has 5 nitrogen and oxygen atoms in total. The minimum absolute atomic E-state index is 0.151. The standard InChI is InChI=1S/C15H16ClN3O2S/c1-9-17-11(8-22-9)7-14(20)18-13-6-10(4-5-12(13)16)15(21)19(2)3/h4-6,8H,7H2,1-3H3,(H,18,20). The summed E-state index contributed by atoms with van der Waals surface area (Å²) in [7, 11) is 3.33. The molecule has 2 rings (SSSR count). The number of hydrogen-bond acceptors (Lipinski definition) is 4. The Morgan fingerprint density at radius 3 is 2.68 bits per heavy atom. The Morgan fingerprint density at radius 1 is 1.36 bits per heavy atom. The van der Waals surface area contributed by atoms with Crippen molar-refractivity contribution in [3.8, 4) is 0 Å². The largest absolute Gasteiger partial charge is 0.345 e. The van der Waals surface area contributed by atoms with Gasteiger partial charge in [0, 0.05) is 25.0 Å². The van der Waals surface area contributed by atoms with Crippen LogP contribution < -0.4 is 5.32 Å². The van der Waals surface area contributed by atoms with Gasteiger partial charge in [-0.25, -0.2) is 4.98 Å². The van der Waals surface area contributed by atoms with E-state index in [-0.39, 0.29) is 18.2 Å². The molecule has 1 aromatic carbocycles. The van der Waals surface area contributed by atoms with Gasteiger partial charge < -0.3 is 10.2 Å². The first-order valence-corrected chi connectivity index (χ1v) is 7.84. The normalized spacial score (nSPS) is 10.4. The minimum atomic E-state index is -0.221. The molecule has 2 aromatic rings. The highest BCUT2D eigenvalue weighted by Crippen LogP contribution is 2.24. The van der Waals surface area contributed by atoms with Crippen LogP contribution in [0.1, 0.15) is 21.1 Å². The lowest BCUT2D eigenvalue weighted by Gasteiger charge is -2.12. The van der Waals surface area contributed by atoms with E-state index in [1.807, 2.05) is 12.3 Å². The van der Waals surface area contributed by atoms with E-state index < -0.39 is 0 Å². The molecule has 1 heterocycles. The molecule has 0 saturated heterocycles. The summed E-state index contributed by atoms with van der Waals surface area (Å²) in [6.07, 6.45) is 0.173. The second kappa shape index (κ2) is 6.89. The summed E-state index contributed by atoms with van der Waals surface area (Å²) in [5.74, 6) is -0.371. The Labute approximate surface area is 137 Å². The third-order valence-corrected chi connectivity index (χ3v) is 4.05. The van der Waals surface area contributed by atoms with Gasteiger partial charge in [0.15, 0.2) is 0 Å². The number of aryl methyl sites for hydroxylation is 1. The van der Waals surface area contributed by atoms with E-state index in [9.17, 15) is 9.59 Å². The molecule has 0 fully saturated rings. The van der Waals surface area contributed by atoms with Gasteiger partial charge in [0.25, 0.3) is 5.91 Å². The number of carbonyl (C=O) groups excluding carboxylic acids is 2. The highest BCUT2D eigenvalue weighted by Gasteiger charge is 2.13. The predicted octanol–water partition coefficient (Wildman–Crippen LogP) is 2.99. The number of benzene rings is 1. The zero-order valence-corrected chi connectivity index (χ0v) is 14.1. The van der Waals surface area contributed by atoms with Crippen LogP contribution in [0.15, 0.2) is 23.6 Å². The fraction of sp³-hybridized carbons (Fsp3) is 0.267. The third-order valence-electron chi connectivity index (χ3n) is 2.90. The Hall–Kier alpha value is -1.92. The molecule has 7 heteroatoms. The molecule has 0 aliphatic carbocycles. The first kappa shape index (κ1) is 16.5. The number of nitrogens with zero attached hydrogens (tertiary/aromatic N) is 2. The van der Waals surface area contributed by atoms with Crippen LogP contribution in [0.25, 0.3) is 0 Å². The first-order valence-electron chi connectivity index (χ1n) is 6.59. The molecule has 0 radical (unpaired) electrons. The SMILES string of the molecule is Cc1nc(CC(=O)Nc2cc(C(=O)N(C)C)ccc2Cl)cs1. The van der Waals surface area contributed by atoms with Crippen LogP contribution >= 0.6 is 22.9 Å². The molecular formula is C15H16ClN3O2S. The van der Waals surface area contributed by atoms with Crippen LogP contribution in [-0.4, -0.2) is 35.8 Å². The van der Waals surface area contributed by atoms with Crippen LogP contribution in [0.2, 0.25) is 5.02 Å². The van der Waals surface area contributed by atoms with Gasteiger partial charge in [-0.1, -0.05) is 11.6 Å². The molecule has 0 unspecified atom stereocenters. The smallest absolute Gasteiger partial charge is 0.253 e. The second-order valence-corrected chi connectivity index (χ2v) is 6.45. The summed E-state index contributed by atoms with van der Waals surface area (Å²) in [6.45, 7) is 1.89. The summed E-state index contributed by atoms with van der Waals surface area (Å²) in [6, 6.07) is 4.81. The van der Waals surface area contributed by atoms with E-state index >= 15 is 0 Å². The predicted molar refractivity (Wildman–Crippen MR) is 88.7 cm³/mol. The first-order chi connectivity index (χ1) is 10.4. The zero-order valence-electron chi connectivity index (χ0n) is 12.5. The molecule has 1 aromatic heterocycles. The molecule has 0 saturated carbocycles. The summed E-state index contributed by atoms with van der Waals surface area (Å²) in [4.78, 5) is 29.7. The Kier molecular flexibility index (Phi) is 5.15. The number of anilines is 1. The summed E-state index contributed by atoms with van der Waals surface area (Å²) < 4.78 is 0. The number of thiazole rings is 1. The molecule has 2 amide bonds. The van der Waals surface area contributed by atoms with Gasteiger partial charge >= 0.3 is 0 Å². The van der Waals surface area contributed by atoms with Crippen LogP contribution in [0.5, 0.6) is 0 Å². The molecule has 116 valence electrons. The average Bonchev–Trinajstić information content (AvgIpc) is 2.85. The number of amides is 2. The summed E-state index contributed by atoms with van der Waals surface area (Å²) >= 11 is 7.58. The number of hydrogen-bond donors (Lipinski definition) is 1. The number of nitrogens with one attached hydrogen (secondary N) is 1. The molecule has 1 N–H and O–H groups in total. The van der Waals surface area contributed by atoms with Crippen LogP contribution in [0, 0.1) is 6.92 Å². The Bertz CT molecular complexity index is 713. The van der Waals surface area contributed by atoms with Crippen molar-refractivity contribution in [3.05, 3.63) is 44.9 Å². The molecule has 22 heavy (non-hydrogen) atoms. The van der Waals surface area contributed by atoms with Crippen LogP contribution in [0.3, 0.4) is 0 Å². The van der Waals surface area contributed by atoms with Gasteiger partial charge in [-0.3, -0.25) is 9.59 Å². The molecule has 0 aliphatic heterocycles. The molecule has 0 bridgehead atoms. The lowest BCUT2D eigenvalue weighted by molar-refractivity contribution is -0.115. The number of carbonyl (C=O) groups is 2. The van der Waals surface area contributed by atoms with Crippen molar-refractivity contribution in [1.82, 2.24) is 9.88 Å². The fourth-order valence-corrected chi connectivity index (χ4v) is 2.64. The van der Waals surface area contributed by atoms with Crippen molar-refractivity contribution in [2.75, 3.05) is 19.4 Å². The third kappa shape index (κ3) is 4.05. The lowest BCUT2D eigenvalue weighted by Crippen LogP contribution is -2.22. The van der Waals surface area contributed by atoms with Crippen LogP contribution in [0.4, 0.5) is 5.69 Å². The number of halogens is 1. The van der Waals surface area contributed by atoms with Crippen molar-refractivity contribution >= 4 is 40.4 Å². The maximum Gasteiger partial charge on any atom is 0.253 e. The van der Waals surface area contributed by atoms with Gasteiger partial charge in [0.2, 0.25) is 5.91 Å². The molecule has 0 atom stereocenters. The quantitative estimate of drug-likeness (QED) is 0.932. The van der Waals surface area contributed by atoms with Crippen LogP contribution in [-0.2, 0) is 11.2 Å². The topological polar surface area (TPSA) is 62.3 Å². The number of rotatable bonds is 4. The fourth-order valence-electron chi connectivity index (χ4n) is 1.86. The van der Waals surface area contributed by atoms with Gasteiger partial charge in [0.1, 0.15) is 0 Å². The van der Waals surface area contributed by atoms with Crippen molar-refractivity contribution in [3.63, 3.8) is 0 Å². The minimum Gasteiger partial charge on any atom is -0.345 e. The zero-order chi connectivity index (χ0) is 16.3. The molecular weight excluding hydrogens is 322 g/mol. The van der Waals surface area contributed by atoms with E-state index in [0.717, 1.165) is 10.7 Å². The average molecular weight is 338 g/mol. The van der Waals surface area contributed by atoms with E-state index in [2.05, 4.69) is 10.3 Å². The highest BCUT2D eigenvalue weighted by atomic mass is 35.5. The van der Waals surface area contributed by atoms with Crippen molar-refractivity contribution in [2.45, 2.75) is 13.3 Å². The lowest BCUT2D eigenvalue weighted by atomic mass is 10.1. The second-order valence-electron chi connectivity index (χ2n) is 4.98. The van der Waals surface area contributed by atoms with E-state index in [1.54, 1.807) is 32.3 Å². The Morgan fingerprint density at radius 2 is 2.09 bits per heavy atom. The maximum atomic E-state index is 12.1. The van der Waals surface area contributed by atoms with E-state index in [0.29, 0.717) is 16.3 Å². The maximum absolute atomic E-state index is 12.1. The van der Waals surface area contributed by atoms with Gasteiger partial charge in [-0.05, 0) is 25.1 Å². The van der Waals surface area contributed by atoms with Crippen molar-refractivity contribution in [2.24, 2.45) is 0 Å². The van der Waals surface area contributed by atoms with Crippen molar-refractivity contribution < 1.29 is 9.59 Å². The molecule has 0 aliphatic rings. The summed E-state index contributed by atoms with van der Waals surface area (Å²) in [5.41, 5.74) is 1.61. The monoisotopic (exact) mass is 337 g/mol. The van der Waals surface area contributed by atoms with Gasteiger partial charge in [0.05, 0.1) is 27.8 Å². The Balaban J connectivity index is 2.13. The van der Waals surface area contributed by atoms with Crippen molar-refractivity contribution in [1.29, 1.82) is 0 Å². The van der Waals surface area contributed by atoms with E-state index in [4.69, 9.17) is 11.6 Å².